The minimum atomic E-state index is -1.03. The zero-order valence-corrected chi connectivity index (χ0v) is 15.6. The molecule has 0 aliphatic carbocycles. The van der Waals surface area contributed by atoms with E-state index in [4.69, 9.17) is 9.84 Å². The summed E-state index contributed by atoms with van der Waals surface area (Å²) >= 11 is 1.54. The molecule has 0 aliphatic rings. The Labute approximate surface area is 160 Å². The molecule has 2 aromatic carbocycles. The lowest BCUT2D eigenvalue weighted by Crippen LogP contribution is -2.19. The van der Waals surface area contributed by atoms with Crippen LogP contribution in [0.2, 0.25) is 0 Å². The SMILES string of the molecule is CN(Cc1cscn1)Cc1cc(-c2ccc(F)cc2)ccc1OCC(=O)O. The lowest BCUT2D eigenvalue weighted by molar-refractivity contribution is -0.139. The molecule has 0 saturated heterocycles. The van der Waals surface area contributed by atoms with Gasteiger partial charge in [0.05, 0.1) is 11.2 Å². The van der Waals surface area contributed by atoms with Gasteiger partial charge < -0.3 is 9.84 Å². The van der Waals surface area contributed by atoms with Gasteiger partial charge in [0.25, 0.3) is 0 Å². The number of ether oxygens (including phenoxy) is 1. The molecule has 0 radical (unpaired) electrons. The Kier molecular flexibility index (Phi) is 6.16. The van der Waals surface area contributed by atoms with Crippen molar-refractivity contribution in [2.45, 2.75) is 13.1 Å². The van der Waals surface area contributed by atoms with Crippen LogP contribution in [0.4, 0.5) is 4.39 Å². The van der Waals surface area contributed by atoms with E-state index in [0.29, 0.717) is 18.8 Å². The van der Waals surface area contributed by atoms with Crippen molar-refractivity contribution in [1.82, 2.24) is 9.88 Å². The lowest BCUT2D eigenvalue weighted by atomic mass is 10.0. The van der Waals surface area contributed by atoms with Gasteiger partial charge >= 0.3 is 5.97 Å². The number of rotatable bonds is 8. The number of hydrogen-bond acceptors (Lipinski definition) is 5. The van der Waals surface area contributed by atoms with Gasteiger partial charge in [-0.1, -0.05) is 18.2 Å². The summed E-state index contributed by atoms with van der Waals surface area (Å²) in [6.45, 7) is 0.822. The minimum Gasteiger partial charge on any atom is -0.482 e. The molecule has 0 saturated carbocycles. The molecule has 1 N–H and O–H groups in total. The quantitative estimate of drug-likeness (QED) is 0.633. The van der Waals surface area contributed by atoms with Gasteiger partial charge in [0, 0.05) is 24.0 Å². The molecule has 27 heavy (non-hydrogen) atoms. The number of carbonyl (C=O) groups is 1. The number of hydrogen-bond donors (Lipinski definition) is 1. The fourth-order valence-corrected chi connectivity index (χ4v) is 3.29. The van der Waals surface area contributed by atoms with Crippen molar-refractivity contribution in [3.63, 3.8) is 0 Å². The van der Waals surface area contributed by atoms with Crippen LogP contribution in [0, 0.1) is 5.82 Å². The van der Waals surface area contributed by atoms with Crippen molar-refractivity contribution in [3.8, 4) is 16.9 Å². The van der Waals surface area contributed by atoms with E-state index < -0.39 is 12.6 Å². The lowest BCUT2D eigenvalue weighted by Gasteiger charge is -2.19. The average molecular weight is 386 g/mol. The summed E-state index contributed by atoms with van der Waals surface area (Å²) in [7, 11) is 1.96. The normalized spacial score (nSPS) is 10.9. The third-order valence-electron chi connectivity index (χ3n) is 3.94. The Hall–Kier alpha value is -2.77. The van der Waals surface area contributed by atoms with Crippen LogP contribution in [0.25, 0.3) is 11.1 Å². The van der Waals surface area contributed by atoms with Crippen LogP contribution in [0.3, 0.4) is 0 Å². The predicted octanol–water partition coefficient (Wildman–Crippen LogP) is 4.04. The Balaban J connectivity index is 1.85. The molecule has 0 spiro atoms. The zero-order valence-electron chi connectivity index (χ0n) is 14.8. The molecule has 140 valence electrons. The fourth-order valence-electron chi connectivity index (χ4n) is 2.74. The maximum Gasteiger partial charge on any atom is 0.341 e. The van der Waals surface area contributed by atoms with Crippen molar-refractivity contribution < 1.29 is 19.0 Å². The summed E-state index contributed by atoms with van der Waals surface area (Å²) in [5.41, 5.74) is 5.42. The smallest absolute Gasteiger partial charge is 0.341 e. The second kappa shape index (κ2) is 8.75. The molecule has 3 rings (SSSR count). The molecule has 1 heterocycles. The number of halogens is 1. The third-order valence-corrected chi connectivity index (χ3v) is 4.58. The Bertz CT molecular complexity index is 898. The molecule has 3 aromatic rings. The van der Waals surface area contributed by atoms with E-state index in [-0.39, 0.29) is 5.82 Å². The van der Waals surface area contributed by atoms with Crippen LogP contribution in [-0.4, -0.2) is 34.6 Å². The summed E-state index contributed by atoms with van der Waals surface area (Å²) in [4.78, 5) is 17.2. The van der Waals surface area contributed by atoms with Crippen LogP contribution >= 0.6 is 11.3 Å². The van der Waals surface area contributed by atoms with Crippen LogP contribution in [0.15, 0.2) is 53.4 Å². The number of aromatic nitrogens is 1. The Morgan fingerprint density at radius 1 is 1.19 bits per heavy atom. The molecule has 0 amide bonds. The Morgan fingerprint density at radius 3 is 2.59 bits per heavy atom. The second-order valence-electron chi connectivity index (χ2n) is 6.16. The first-order valence-electron chi connectivity index (χ1n) is 8.30. The third kappa shape index (κ3) is 5.35. The molecule has 5 nitrogen and oxygen atoms in total. The molecule has 7 heteroatoms. The molecule has 0 atom stereocenters. The highest BCUT2D eigenvalue weighted by Gasteiger charge is 2.12. The van der Waals surface area contributed by atoms with Crippen LogP contribution in [0.5, 0.6) is 5.75 Å². The van der Waals surface area contributed by atoms with Crippen molar-refractivity contribution >= 4 is 17.3 Å². The molecule has 0 bridgehead atoms. The number of carboxylic acid groups (broad SMARTS) is 1. The summed E-state index contributed by atoms with van der Waals surface area (Å²) in [6.07, 6.45) is 0. The van der Waals surface area contributed by atoms with Crippen LogP contribution in [-0.2, 0) is 17.9 Å². The largest absolute Gasteiger partial charge is 0.482 e. The molecular formula is C20H19FN2O3S. The highest BCUT2D eigenvalue weighted by Crippen LogP contribution is 2.28. The average Bonchev–Trinajstić information content (AvgIpc) is 3.14. The molecule has 0 aliphatic heterocycles. The summed E-state index contributed by atoms with van der Waals surface area (Å²) in [5.74, 6) is -0.795. The van der Waals surface area contributed by atoms with Gasteiger partial charge in [0.1, 0.15) is 11.6 Å². The highest BCUT2D eigenvalue weighted by atomic mass is 32.1. The van der Waals surface area contributed by atoms with Crippen molar-refractivity contribution in [1.29, 1.82) is 0 Å². The Morgan fingerprint density at radius 2 is 1.93 bits per heavy atom. The van der Waals surface area contributed by atoms with Gasteiger partial charge in [-0.15, -0.1) is 11.3 Å². The summed E-state index contributed by atoms with van der Waals surface area (Å²) in [5, 5.41) is 10.9. The van der Waals surface area contributed by atoms with E-state index in [9.17, 15) is 9.18 Å². The first-order valence-corrected chi connectivity index (χ1v) is 9.24. The van der Waals surface area contributed by atoms with Gasteiger partial charge in [-0.05, 0) is 42.4 Å². The summed E-state index contributed by atoms with van der Waals surface area (Å²) < 4.78 is 18.6. The van der Waals surface area contributed by atoms with Crippen molar-refractivity contribution in [2.24, 2.45) is 0 Å². The van der Waals surface area contributed by atoms with Gasteiger partial charge in [0.15, 0.2) is 6.61 Å². The standard InChI is InChI=1S/C20H19FN2O3S/c1-23(10-18-12-27-13-22-18)9-16-8-15(14-2-5-17(21)6-3-14)4-7-19(16)26-11-20(24)25/h2-8,12-13H,9-11H2,1H3,(H,24,25). The number of aliphatic carboxylic acids is 1. The highest BCUT2D eigenvalue weighted by molar-refractivity contribution is 7.07. The second-order valence-corrected chi connectivity index (χ2v) is 6.88. The predicted molar refractivity (Wildman–Crippen MR) is 102 cm³/mol. The van der Waals surface area contributed by atoms with Gasteiger partial charge in [-0.2, -0.15) is 0 Å². The van der Waals surface area contributed by atoms with Gasteiger partial charge in [-0.3, -0.25) is 4.90 Å². The number of benzene rings is 2. The zero-order chi connectivity index (χ0) is 19.2. The first kappa shape index (κ1) is 19.0. The monoisotopic (exact) mass is 386 g/mol. The first-order chi connectivity index (χ1) is 13.0. The van der Waals surface area contributed by atoms with Crippen molar-refractivity contribution in [2.75, 3.05) is 13.7 Å². The fraction of sp³-hybridized carbons (Fsp3) is 0.200. The molecule has 0 unspecified atom stereocenters. The van der Waals surface area contributed by atoms with E-state index in [1.54, 1.807) is 35.0 Å². The number of carboxylic acids is 1. The number of thiazole rings is 1. The van der Waals surface area contributed by atoms with Gasteiger partial charge in [0.2, 0.25) is 0 Å². The molecule has 0 fully saturated rings. The van der Waals surface area contributed by atoms with Crippen LogP contribution in [0.1, 0.15) is 11.3 Å². The topological polar surface area (TPSA) is 62.7 Å². The minimum absolute atomic E-state index is 0.289. The van der Waals surface area contributed by atoms with E-state index in [2.05, 4.69) is 9.88 Å². The van der Waals surface area contributed by atoms with Crippen LogP contribution < -0.4 is 4.74 Å². The number of nitrogens with zero attached hydrogens (tertiary/aromatic N) is 2. The van der Waals surface area contributed by atoms with E-state index in [1.165, 1.54) is 12.1 Å². The maximum atomic E-state index is 13.2. The molecular weight excluding hydrogens is 367 g/mol. The summed E-state index contributed by atoms with van der Waals surface area (Å²) in [6, 6.07) is 11.8. The molecule has 1 aromatic heterocycles. The maximum absolute atomic E-state index is 13.2. The van der Waals surface area contributed by atoms with Gasteiger partial charge in [-0.25, -0.2) is 14.2 Å². The van der Waals surface area contributed by atoms with Crippen molar-refractivity contribution in [3.05, 3.63) is 70.4 Å². The van der Waals surface area contributed by atoms with E-state index in [1.807, 2.05) is 24.6 Å². The van der Waals surface area contributed by atoms with E-state index in [0.717, 1.165) is 22.4 Å². The van der Waals surface area contributed by atoms with E-state index >= 15 is 0 Å².